The van der Waals surface area contributed by atoms with Gasteiger partial charge in [-0.2, -0.15) is 0 Å². The molecule has 0 radical (unpaired) electrons. The number of piperazine rings is 1. The van der Waals surface area contributed by atoms with Gasteiger partial charge in [0.2, 0.25) is 5.91 Å². The molecule has 0 aliphatic carbocycles. The van der Waals surface area contributed by atoms with E-state index in [0.29, 0.717) is 44.1 Å². The average molecular weight is 332 g/mol. The summed E-state index contributed by atoms with van der Waals surface area (Å²) < 4.78 is 5.73. The first-order valence-electron chi connectivity index (χ1n) is 8.56. The first-order valence-corrected chi connectivity index (χ1v) is 8.56. The van der Waals surface area contributed by atoms with E-state index in [2.05, 4.69) is 20.8 Å². The number of hydrogen-bond acceptors (Lipinski definition) is 3. The monoisotopic (exact) mass is 332 g/mol. The summed E-state index contributed by atoms with van der Waals surface area (Å²) in [5.74, 6) is 0.678. The predicted octanol–water partition coefficient (Wildman–Crippen LogP) is 2.69. The van der Waals surface area contributed by atoms with E-state index in [4.69, 9.17) is 4.74 Å². The van der Waals surface area contributed by atoms with Crippen LogP contribution in [0.4, 0.5) is 0 Å². The Morgan fingerprint density at radius 2 is 1.67 bits per heavy atom. The lowest BCUT2D eigenvalue weighted by Gasteiger charge is -2.34. The normalized spacial score (nSPS) is 15.4. The lowest BCUT2D eigenvalue weighted by atomic mass is 9.86. The highest BCUT2D eigenvalue weighted by Crippen LogP contribution is 2.29. The number of carbonyl (C=O) groups excluding carboxylic acids is 2. The van der Waals surface area contributed by atoms with E-state index in [1.165, 1.54) is 0 Å². The van der Waals surface area contributed by atoms with Gasteiger partial charge in [0.1, 0.15) is 5.75 Å². The minimum Gasteiger partial charge on any atom is -0.493 e. The molecular weight excluding hydrogens is 304 g/mol. The van der Waals surface area contributed by atoms with Gasteiger partial charge in [-0.15, -0.1) is 0 Å². The van der Waals surface area contributed by atoms with Crippen LogP contribution in [0.2, 0.25) is 0 Å². The summed E-state index contributed by atoms with van der Waals surface area (Å²) in [7, 11) is 0. The largest absolute Gasteiger partial charge is 0.493 e. The second kappa shape index (κ2) is 7.24. The Morgan fingerprint density at radius 1 is 1.08 bits per heavy atom. The van der Waals surface area contributed by atoms with Crippen LogP contribution in [0.1, 0.15) is 50.5 Å². The molecule has 1 heterocycles. The maximum Gasteiger partial charge on any atom is 0.257 e. The van der Waals surface area contributed by atoms with E-state index in [1.807, 2.05) is 25.1 Å². The number of hydrogen-bond donors (Lipinski definition) is 0. The summed E-state index contributed by atoms with van der Waals surface area (Å²) in [5, 5.41) is 0. The van der Waals surface area contributed by atoms with Gasteiger partial charge in [-0.1, -0.05) is 26.8 Å². The minimum atomic E-state index is -0.0258. The van der Waals surface area contributed by atoms with E-state index in [1.54, 1.807) is 16.7 Å². The number of amides is 2. The molecule has 0 aromatic heterocycles. The predicted molar refractivity (Wildman–Crippen MR) is 94.5 cm³/mol. The molecular formula is C19H28N2O3. The van der Waals surface area contributed by atoms with Crippen molar-refractivity contribution in [1.82, 2.24) is 9.80 Å². The van der Waals surface area contributed by atoms with E-state index in [0.717, 1.165) is 5.56 Å². The molecule has 0 spiro atoms. The Hall–Kier alpha value is -2.04. The van der Waals surface area contributed by atoms with Crippen molar-refractivity contribution in [2.45, 2.75) is 40.0 Å². The first-order chi connectivity index (χ1) is 11.2. The molecule has 1 aromatic rings. The van der Waals surface area contributed by atoms with Crippen molar-refractivity contribution in [3.63, 3.8) is 0 Å². The van der Waals surface area contributed by atoms with Crippen molar-refractivity contribution < 1.29 is 14.3 Å². The molecule has 5 heteroatoms. The molecule has 24 heavy (non-hydrogen) atoms. The number of benzene rings is 1. The summed E-state index contributed by atoms with van der Waals surface area (Å²) in [5.41, 5.74) is 1.74. The summed E-state index contributed by atoms with van der Waals surface area (Å²) in [6.45, 7) is 12.7. The number of nitrogens with zero attached hydrogens (tertiary/aromatic N) is 2. The highest BCUT2D eigenvalue weighted by molar-refractivity contribution is 5.97. The second-order valence-corrected chi connectivity index (χ2v) is 7.19. The van der Waals surface area contributed by atoms with E-state index in [-0.39, 0.29) is 17.2 Å². The van der Waals surface area contributed by atoms with E-state index < -0.39 is 0 Å². The minimum absolute atomic E-state index is 0.000538. The molecule has 0 saturated carbocycles. The second-order valence-electron chi connectivity index (χ2n) is 7.19. The number of ether oxygens (including phenoxy) is 1. The highest BCUT2D eigenvalue weighted by atomic mass is 16.5. The van der Waals surface area contributed by atoms with Gasteiger partial charge in [-0.3, -0.25) is 9.59 Å². The molecule has 5 nitrogen and oxygen atoms in total. The summed E-state index contributed by atoms with van der Waals surface area (Å²) >= 11 is 0. The molecule has 0 bridgehead atoms. The fraction of sp³-hybridized carbons (Fsp3) is 0.579. The molecule has 1 fully saturated rings. The zero-order valence-corrected chi connectivity index (χ0v) is 15.4. The summed E-state index contributed by atoms with van der Waals surface area (Å²) in [4.78, 5) is 27.9. The van der Waals surface area contributed by atoms with Crippen LogP contribution in [0, 0.1) is 0 Å². The van der Waals surface area contributed by atoms with Crippen LogP contribution in [0.25, 0.3) is 0 Å². The maximum atomic E-state index is 12.9. The zero-order valence-electron chi connectivity index (χ0n) is 15.4. The Morgan fingerprint density at radius 3 is 2.17 bits per heavy atom. The highest BCUT2D eigenvalue weighted by Gasteiger charge is 2.26. The van der Waals surface area contributed by atoms with Crippen LogP contribution in [0.3, 0.4) is 0 Å². The van der Waals surface area contributed by atoms with Crippen molar-refractivity contribution in [3.8, 4) is 5.75 Å². The Kier molecular flexibility index (Phi) is 5.52. The average Bonchev–Trinajstić information content (AvgIpc) is 2.53. The zero-order chi connectivity index (χ0) is 17.9. The van der Waals surface area contributed by atoms with Crippen molar-refractivity contribution >= 4 is 11.8 Å². The van der Waals surface area contributed by atoms with Crippen molar-refractivity contribution in [3.05, 3.63) is 29.3 Å². The standard InChI is InChI=1S/C19H28N2O3/c1-6-24-17-13-15(19(3,4)5)7-8-16(17)18(23)21-11-9-20(10-12-21)14(2)22/h7-8,13H,6,9-12H2,1-5H3. The smallest absolute Gasteiger partial charge is 0.257 e. The summed E-state index contributed by atoms with van der Waals surface area (Å²) in [6, 6.07) is 5.84. The molecule has 132 valence electrons. The van der Waals surface area contributed by atoms with Gasteiger partial charge in [0.15, 0.2) is 0 Å². The quantitative estimate of drug-likeness (QED) is 0.855. The molecule has 2 amide bonds. The van der Waals surface area contributed by atoms with Crippen molar-refractivity contribution in [2.75, 3.05) is 32.8 Å². The van der Waals surface area contributed by atoms with Crippen LogP contribution in [-0.2, 0) is 10.2 Å². The molecule has 0 unspecified atom stereocenters. The van der Waals surface area contributed by atoms with Gasteiger partial charge in [0.05, 0.1) is 12.2 Å². The Bertz CT molecular complexity index is 612. The lowest BCUT2D eigenvalue weighted by Crippen LogP contribution is -2.50. The van der Waals surface area contributed by atoms with Crippen molar-refractivity contribution in [1.29, 1.82) is 0 Å². The van der Waals surface area contributed by atoms with Crippen LogP contribution < -0.4 is 4.74 Å². The maximum absolute atomic E-state index is 12.9. The fourth-order valence-corrected chi connectivity index (χ4v) is 2.84. The van der Waals surface area contributed by atoms with E-state index >= 15 is 0 Å². The number of carbonyl (C=O) groups is 2. The molecule has 1 saturated heterocycles. The van der Waals surface area contributed by atoms with Crippen LogP contribution >= 0.6 is 0 Å². The molecule has 2 rings (SSSR count). The third kappa shape index (κ3) is 4.08. The fourth-order valence-electron chi connectivity index (χ4n) is 2.84. The van der Waals surface area contributed by atoms with Crippen molar-refractivity contribution in [2.24, 2.45) is 0 Å². The van der Waals surface area contributed by atoms with Gasteiger partial charge < -0.3 is 14.5 Å². The molecule has 1 aromatic carbocycles. The van der Waals surface area contributed by atoms with Crippen LogP contribution in [0.15, 0.2) is 18.2 Å². The first kappa shape index (κ1) is 18.3. The SMILES string of the molecule is CCOc1cc(C(C)(C)C)ccc1C(=O)N1CCN(C(C)=O)CC1. The Balaban J connectivity index is 2.21. The molecule has 0 atom stereocenters. The van der Waals surface area contributed by atoms with Gasteiger partial charge in [0, 0.05) is 33.1 Å². The third-order valence-corrected chi connectivity index (χ3v) is 4.39. The third-order valence-electron chi connectivity index (χ3n) is 4.39. The summed E-state index contributed by atoms with van der Waals surface area (Å²) in [6.07, 6.45) is 0. The van der Waals surface area contributed by atoms with Gasteiger partial charge >= 0.3 is 0 Å². The lowest BCUT2D eigenvalue weighted by molar-refractivity contribution is -0.130. The van der Waals surface area contributed by atoms with Gasteiger partial charge in [-0.05, 0) is 30.0 Å². The molecule has 1 aliphatic heterocycles. The van der Waals surface area contributed by atoms with Crippen LogP contribution in [-0.4, -0.2) is 54.4 Å². The van der Waals surface area contributed by atoms with E-state index in [9.17, 15) is 9.59 Å². The number of rotatable bonds is 3. The molecule has 1 aliphatic rings. The molecule has 0 N–H and O–H groups in total. The topological polar surface area (TPSA) is 49.9 Å². The Labute approximate surface area is 144 Å². The van der Waals surface area contributed by atoms with Gasteiger partial charge in [0.25, 0.3) is 5.91 Å². The van der Waals surface area contributed by atoms with Gasteiger partial charge in [-0.25, -0.2) is 0 Å². The van der Waals surface area contributed by atoms with Crippen LogP contribution in [0.5, 0.6) is 5.75 Å².